The Balaban J connectivity index is 2.21. The minimum absolute atomic E-state index is 0.221. The normalized spacial score (nSPS) is 25.1. The summed E-state index contributed by atoms with van der Waals surface area (Å²) in [6, 6.07) is 7.50. The molecule has 0 spiro atoms. The van der Waals surface area contributed by atoms with Crippen LogP contribution in [0.1, 0.15) is 19.4 Å². The summed E-state index contributed by atoms with van der Waals surface area (Å²) in [4.78, 5) is 2.58. The molecule has 6 heteroatoms. The minimum atomic E-state index is -3.41. The molecule has 0 saturated carbocycles. The van der Waals surface area contributed by atoms with Gasteiger partial charge in [-0.05, 0) is 45.0 Å². The predicted octanol–water partition coefficient (Wildman–Crippen LogP) is 2.18. The van der Waals surface area contributed by atoms with Crippen LogP contribution in [0, 0.1) is 0 Å². The smallest absolute Gasteiger partial charge is 0.243 e. The Hall–Kier alpha value is -0.620. The second-order valence-corrected chi connectivity index (χ2v) is 8.08. The first-order valence-electron chi connectivity index (χ1n) is 7.23. The second-order valence-electron chi connectivity index (χ2n) is 5.77. The number of hydrogen-bond acceptors (Lipinski definition) is 3. The van der Waals surface area contributed by atoms with Crippen molar-refractivity contribution in [2.75, 3.05) is 26.0 Å². The van der Waals surface area contributed by atoms with Crippen LogP contribution >= 0.6 is 11.6 Å². The average molecular weight is 331 g/mol. The van der Waals surface area contributed by atoms with Crippen LogP contribution in [0.4, 0.5) is 0 Å². The molecule has 1 fully saturated rings. The highest BCUT2D eigenvalue weighted by Gasteiger charge is 2.34. The van der Waals surface area contributed by atoms with Crippen LogP contribution in [0.25, 0.3) is 0 Å². The summed E-state index contributed by atoms with van der Waals surface area (Å²) in [5, 5.41) is 0. The van der Waals surface area contributed by atoms with Crippen molar-refractivity contribution in [3.05, 3.63) is 29.8 Å². The number of benzene rings is 1. The number of rotatable bonds is 4. The molecule has 2 unspecified atom stereocenters. The summed E-state index contributed by atoms with van der Waals surface area (Å²) in [7, 11) is -1.37. The van der Waals surface area contributed by atoms with Gasteiger partial charge in [0.1, 0.15) is 0 Å². The molecule has 1 aromatic rings. The lowest BCUT2D eigenvalue weighted by Crippen LogP contribution is -2.56. The Kier molecular flexibility index (Phi) is 5.30. The fourth-order valence-corrected chi connectivity index (χ4v) is 4.46. The first kappa shape index (κ1) is 16.7. The second kappa shape index (κ2) is 6.65. The molecule has 118 valence electrons. The van der Waals surface area contributed by atoms with Gasteiger partial charge >= 0.3 is 0 Å². The van der Waals surface area contributed by atoms with Crippen LogP contribution in [0.2, 0.25) is 0 Å². The quantitative estimate of drug-likeness (QED) is 0.794. The van der Waals surface area contributed by atoms with E-state index in [0.29, 0.717) is 23.9 Å². The highest BCUT2D eigenvalue weighted by atomic mass is 35.5. The van der Waals surface area contributed by atoms with Crippen LogP contribution in [0.5, 0.6) is 0 Å². The highest BCUT2D eigenvalue weighted by Crippen LogP contribution is 2.22. The lowest BCUT2D eigenvalue weighted by atomic mass is 10.1. The van der Waals surface area contributed by atoms with Gasteiger partial charge in [-0.3, -0.25) is 4.90 Å². The summed E-state index contributed by atoms with van der Waals surface area (Å²) in [5.74, 6) is 0.541. The molecule has 21 heavy (non-hydrogen) atoms. The number of likely N-dealkylation sites (N-methyl/N-ethyl adjacent to an activating group) is 1. The molecule has 0 bridgehead atoms. The number of nitrogens with zero attached hydrogens (tertiary/aromatic N) is 2. The van der Waals surface area contributed by atoms with E-state index >= 15 is 0 Å². The van der Waals surface area contributed by atoms with Crippen molar-refractivity contribution in [1.29, 1.82) is 0 Å². The summed E-state index contributed by atoms with van der Waals surface area (Å²) in [6.07, 6.45) is 0.754. The zero-order chi connectivity index (χ0) is 15.6. The maximum Gasteiger partial charge on any atom is 0.243 e. The topological polar surface area (TPSA) is 40.6 Å². The molecule has 0 aromatic heterocycles. The molecule has 1 aliphatic rings. The Morgan fingerprint density at radius 2 is 1.67 bits per heavy atom. The van der Waals surface area contributed by atoms with Crippen molar-refractivity contribution in [1.82, 2.24) is 9.21 Å². The van der Waals surface area contributed by atoms with Gasteiger partial charge in [-0.15, -0.1) is 11.6 Å². The molecule has 1 heterocycles. The SMILES string of the molecule is CC1CN(S(=O)(=O)c2ccc(CCCl)cc2)CC(C)N1C. The van der Waals surface area contributed by atoms with E-state index in [1.54, 1.807) is 16.4 Å². The fraction of sp³-hybridized carbons (Fsp3) is 0.600. The Morgan fingerprint density at radius 3 is 2.14 bits per heavy atom. The van der Waals surface area contributed by atoms with Crippen molar-refractivity contribution >= 4 is 21.6 Å². The van der Waals surface area contributed by atoms with Crippen LogP contribution in [0.15, 0.2) is 29.2 Å². The molecule has 1 saturated heterocycles. The van der Waals surface area contributed by atoms with Gasteiger partial charge in [0.2, 0.25) is 10.0 Å². The largest absolute Gasteiger partial charge is 0.298 e. The van der Waals surface area contributed by atoms with Gasteiger partial charge in [0, 0.05) is 31.1 Å². The molecule has 0 aliphatic carbocycles. The van der Waals surface area contributed by atoms with Crippen LogP contribution in [0.3, 0.4) is 0 Å². The zero-order valence-corrected chi connectivity index (χ0v) is 14.4. The third kappa shape index (κ3) is 3.59. The van der Waals surface area contributed by atoms with Gasteiger partial charge in [0.15, 0.2) is 0 Å². The highest BCUT2D eigenvalue weighted by molar-refractivity contribution is 7.89. The lowest BCUT2D eigenvalue weighted by Gasteiger charge is -2.41. The molecule has 2 rings (SSSR count). The standard InChI is InChI=1S/C15H23ClN2O2S/c1-12-10-18(11-13(2)17(12)3)21(19,20)15-6-4-14(5-7-15)8-9-16/h4-7,12-13H,8-11H2,1-3H3. The van der Waals surface area contributed by atoms with Crippen molar-refractivity contribution in [3.8, 4) is 0 Å². The molecule has 2 atom stereocenters. The molecule has 0 radical (unpaired) electrons. The van der Waals surface area contributed by atoms with Gasteiger partial charge in [-0.2, -0.15) is 4.31 Å². The first-order valence-corrected chi connectivity index (χ1v) is 9.20. The fourth-order valence-electron chi connectivity index (χ4n) is 2.64. The average Bonchev–Trinajstić information content (AvgIpc) is 2.45. The van der Waals surface area contributed by atoms with Crippen LogP contribution in [-0.2, 0) is 16.4 Å². The monoisotopic (exact) mass is 330 g/mol. The van der Waals surface area contributed by atoms with E-state index in [-0.39, 0.29) is 12.1 Å². The predicted molar refractivity (Wildman–Crippen MR) is 86.3 cm³/mol. The van der Waals surface area contributed by atoms with Gasteiger partial charge in [0.05, 0.1) is 4.90 Å². The molecular formula is C15H23ClN2O2S. The number of hydrogen-bond donors (Lipinski definition) is 0. The molecular weight excluding hydrogens is 308 g/mol. The van der Waals surface area contributed by atoms with Crippen LogP contribution in [-0.4, -0.2) is 55.7 Å². The molecule has 4 nitrogen and oxygen atoms in total. The van der Waals surface area contributed by atoms with Crippen molar-refractivity contribution in [2.24, 2.45) is 0 Å². The number of aryl methyl sites for hydroxylation is 1. The zero-order valence-electron chi connectivity index (χ0n) is 12.8. The van der Waals surface area contributed by atoms with E-state index in [2.05, 4.69) is 18.7 Å². The van der Waals surface area contributed by atoms with Crippen molar-refractivity contribution in [2.45, 2.75) is 37.2 Å². The molecule has 0 N–H and O–H groups in total. The Labute approximate surface area is 132 Å². The van der Waals surface area contributed by atoms with Crippen molar-refractivity contribution < 1.29 is 8.42 Å². The molecule has 0 amide bonds. The third-order valence-electron chi connectivity index (χ3n) is 4.27. The van der Waals surface area contributed by atoms with E-state index in [4.69, 9.17) is 11.6 Å². The van der Waals surface area contributed by atoms with E-state index < -0.39 is 10.0 Å². The number of halogens is 1. The summed E-state index contributed by atoms with van der Waals surface area (Å²) >= 11 is 5.70. The van der Waals surface area contributed by atoms with E-state index in [9.17, 15) is 8.42 Å². The Bertz CT molecular complexity index is 562. The summed E-state index contributed by atoms with van der Waals surface area (Å²) in [6.45, 7) is 5.18. The number of sulfonamides is 1. The van der Waals surface area contributed by atoms with Gasteiger partial charge in [0.25, 0.3) is 0 Å². The van der Waals surface area contributed by atoms with Gasteiger partial charge in [-0.1, -0.05) is 12.1 Å². The minimum Gasteiger partial charge on any atom is -0.298 e. The first-order chi connectivity index (χ1) is 9.86. The van der Waals surface area contributed by atoms with Crippen molar-refractivity contribution in [3.63, 3.8) is 0 Å². The number of alkyl halides is 1. The van der Waals surface area contributed by atoms with Gasteiger partial charge in [-0.25, -0.2) is 8.42 Å². The third-order valence-corrected chi connectivity index (χ3v) is 6.31. The maximum atomic E-state index is 12.7. The maximum absolute atomic E-state index is 12.7. The van der Waals surface area contributed by atoms with Gasteiger partial charge < -0.3 is 0 Å². The van der Waals surface area contributed by atoms with E-state index in [1.807, 2.05) is 19.2 Å². The van der Waals surface area contributed by atoms with Crippen LogP contribution < -0.4 is 0 Å². The van der Waals surface area contributed by atoms with E-state index in [0.717, 1.165) is 12.0 Å². The number of piperazine rings is 1. The van der Waals surface area contributed by atoms with E-state index in [1.165, 1.54) is 0 Å². The lowest BCUT2D eigenvalue weighted by molar-refractivity contribution is 0.105. The molecule has 1 aromatic carbocycles. The molecule has 1 aliphatic heterocycles. The summed E-state index contributed by atoms with van der Waals surface area (Å²) < 4.78 is 27.1. The Morgan fingerprint density at radius 1 is 1.14 bits per heavy atom. The summed E-state index contributed by atoms with van der Waals surface area (Å²) in [5.41, 5.74) is 1.06.